The van der Waals surface area contributed by atoms with Crippen molar-refractivity contribution in [3.63, 3.8) is 0 Å². The molecule has 3 N–H and O–H groups in total. The molecule has 0 aromatic heterocycles. The van der Waals surface area contributed by atoms with Gasteiger partial charge in [-0.05, 0) is 164 Å². The summed E-state index contributed by atoms with van der Waals surface area (Å²) in [7, 11) is 1.35. The molecular formula is C54H77N3O7. The normalized spacial score (nSPS) is 35.4. The Bertz CT molecular complexity index is 2080. The van der Waals surface area contributed by atoms with Crippen LogP contribution in [0.4, 0.5) is 0 Å². The number of fused-ring (bicyclic) bond motifs is 7. The lowest BCUT2D eigenvalue weighted by Crippen LogP contribution is -2.67. The number of benzene rings is 2. The highest BCUT2D eigenvalue weighted by molar-refractivity contribution is 5.95. The van der Waals surface area contributed by atoms with E-state index < -0.39 is 11.4 Å². The van der Waals surface area contributed by atoms with E-state index in [1.807, 2.05) is 24.3 Å². The number of esters is 1. The van der Waals surface area contributed by atoms with E-state index >= 15 is 0 Å². The van der Waals surface area contributed by atoms with E-state index in [0.29, 0.717) is 53.7 Å². The minimum atomic E-state index is -0.490. The van der Waals surface area contributed by atoms with E-state index in [0.717, 1.165) is 95.3 Å². The SMILES string of the molecule is C=C(C)[C@@H]1CC[C@]2(C(=O)NCc3cccc(C(=O)NCc4ccc(OCCCN5CCOCC5)c(C(=O)OC)c4)c3)CC[C@]3(C)C(CCC4[C@@]5(C)CC[C@H](O)C(C)(C)C5CC[C@]43C)C12. The number of nitrogens with one attached hydrogen (secondary N) is 2. The van der Waals surface area contributed by atoms with E-state index in [-0.39, 0.29) is 52.0 Å². The first-order chi connectivity index (χ1) is 30.5. The number of methoxy groups -OCH3 is 1. The second kappa shape index (κ2) is 18.2. The lowest BCUT2D eigenvalue weighted by Gasteiger charge is -2.72. The van der Waals surface area contributed by atoms with Gasteiger partial charge in [-0.1, -0.05) is 65.0 Å². The molecule has 10 atom stereocenters. The Morgan fingerprint density at radius 1 is 0.844 bits per heavy atom. The molecule has 2 aromatic rings. The lowest BCUT2D eigenvalue weighted by molar-refractivity contribution is -0.246. The van der Waals surface area contributed by atoms with Crippen LogP contribution in [-0.2, 0) is 27.4 Å². The van der Waals surface area contributed by atoms with E-state index in [4.69, 9.17) is 14.2 Å². The van der Waals surface area contributed by atoms with Gasteiger partial charge in [0, 0.05) is 38.3 Å². The molecule has 0 radical (unpaired) electrons. The third-order valence-corrected chi connectivity index (χ3v) is 19.0. The van der Waals surface area contributed by atoms with Gasteiger partial charge in [0.1, 0.15) is 11.3 Å². The highest BCUT2D eigenvalue weighted by Gasteiger charge is 2.71. The van der Waals surface area contributed by atoms with E-state index in [2.05, 4.69) is 63.7 Å². The van der Waals surface area contributed by atoms with Crippen LogP contribution in [0, 0.1) is 56.7 Å². The second-order valence-corrected chi connectivity index (χ2v) is 22.3. The molecule has 0 bridgehead atoms. The van der Waals surface area contributed by atoms with Crippen LogP contribution in [0.1, 0.15) is 144 Å². The van der Waals surface area contributed by atoms with Gasteiger partial charge >= 0.3 is 5.97 Å². The first-order valence-electron chi connectivity index (χ1n) is 24.6. The zero-order chi connectivity index (χ0) is 45.7. The van der Waals surface area contributed by atoms with Gasteiger partial charge in [-0.3, -0.25) is 14.5 Å². The first-order valence-corrected chi connectivity index (χ1v) is 24.6. The number of rotatable bonds is 13. The summed E-state index contributed by atoms with van der Waals surface area (Å²) in [4.78, 5) is 43.5. The number of amides is 2. The van der Waals surface area contributed by atoms with Crippen molar-refractivity contribution in [1.82, 2.24) is 15.5 Å². The monoisotopic (exact) mass is 880 g/mol. The zero-order valence-corrected chi connectivity index (χ0v) is 40.0. The van der Waals surface area contributed by atoms with Crippen LogP contribution in [-0.4, -0.2) is 80.5 Å². The number of ether oxygens (including phenoxy) is 3. The molecular weight excluding hydrogens is 803 g/mol. The van der Waals surface area contributed by atoms with Gasteiger partial charge in [0.05, 0.1) is 38.4 Å². The maximum Gasteiger partial charge on any atom is 0.341 e. The van der Waals surface area contributed by atoms with Crippen LogP contribution in [0.15, 0.2) is 54.6 Å². The number of carbonyl (C=O) groups excluding carboxylic acids is 3. The standard InChI is InChI=1S/C54H77N3O7/c1-35(2)39-17-22-54(24-23-52(6)41(46(39)54)14-16-44-51(5)20-19-45(58)50(3,4)43(51)18-21-53(44,52)7)49(61)56-34-36-11-9-12-38(31-36)47(59)55-33-37-13-15-42(40(32-37)48(60)62-8)64-28-10-25-57-26-29-63-30-27-57/h9,11-13,15,31-32,39,41,43-46,58H,1,10,14,16-30,33-34H2,2-8H3,(H,55,59)(H,56,61)/t39-,41?,43?,44?,45-,46?,51-,52+,53+,54-/m0/s1. The molecule has 10 nitrogen and oxygen atoms in total. The highest BCUT2D eigenvalue weighted by atomic mass is 16.5. The van der Waals surface area contributed by atoms with Crippen molar-refractivity contribution >= 4 is 17.8 Å². The fraction of sp³-hybridized carbons (Fsp3) is 0.685. The summed E-state index contributed by atoms with van der Waals surface area (Å²) in [5.74, 6) is 2.07. The van der Waals surface area contributed by atoms with Crippen molar-refractivity contribution in [2.75, 3.05) is 46.6 Å². The zero-order valence-electron chi connectivity index (χ0n) is 40.0. The molecule has 1 heterocycles. The maximum atomic E-state index is 14.9. The summed E-state index contributed by atoms with van der Waals surface area (Å²) in [5, 5.41) is 17.6. The summed E-state index contributed by atoms with van der Waals surface area (Å²) >= 11 is 0. The Labute approximate surface area is 383 Å². The molecule has 0 spiro atoms. The number of hydrogen-bond donors (Lipinski definition) is 3. The average molecular weight is 880 g/mol. The summed E-state index contributed by atoms with van der Waals surface area (Å²) in [6.07, 6.45) is 11.2. The topological polar surface area (TPSA) is 126 Å². The lowest BCUT2D eigenvalue weighted by atomic mass is 9.32. The van der Waals surface area contributed by atoms with Gasteiger partial charge in [-0.25, -0.2) is 4.79 Å². The predicted octanol–water partition coefficient (Wildman–Crippen LogP) is 9.14. The van der Waals surface area contributed by atoms with Gasteiger partial charge in [0.15, 0.2) is 0 Å². The van der Waals surface area contributed by atoms with Crippen LogP contribution in [0.3, 0.4) is 0 Å². The molecule has 6 aliphatic rings. The molecule has 5 saturated carbocycles. The molecule has 2 aromatic carbocycles. The highest BCUT2D eigenvalue weighted by Crippen LogP contribution is 2.77. The average Bonchev–Trinajstić information content (AvgIpc) is 3.70. The molecule has 8 rings (SSSR count). The van der Waals surface area contributed by atoms with Gasteiger partial charge in [-0.15, -0.1) is 0 Å². The molecule has 1 saturated heterocycles. The van der Waals surface area contributed by atoms with Crippen LogP contribution < -0.4 is 15.4 Å². The smallest absolute Gasteiger partial charge is 0.341 e. The Hall–Kier alpha value is -3.73. The minimum absolute atomic E-state index is 0.0738. The summed E-state index contributed by atoms with van der Waals surface area (Å²) in [6.45, 7) is 24.5. The second-order valence-electron chi connectivity index (χ2n) is 22.3. The van der Waals surface area contributed by atoms with E-state index in [1.54, 1.807) is 18.2 Å². The number of hydrogen-bond acceptors (Lipinski definition) is 8. The van der Waals surface area contributed by atoms with E-state index in [1.165, 1.54) is 31.9 Å². The van der Waals surface area contributed by atoms with Gasteiger partial charge in [-0.2, -0.15) is 0 Å². The number of carbonyl (C=O) groups is 3. The molecule has 1 aliphatic heterocycles. The largest absolute Gasteiger partial charge is 0.493 e. The van der Waals surface area contributed by atoms with Crippen LogP contribution >= 0.6 is 0 Å². The molecule has 64 heavy (non-hydrogen) atoms. The fourth-order valence-corrected chi connectivity index (χ4v) is 15.4. The Kier molecular flexibility index (Phi) is 13.3. The molecule has 2 amide bonds. The van der Waals surface area contributed by atoms with Gasteiger partial charge in [0.2, 0.25) is 5.91 Å². The van der Waals surface area contributed by atoms with Crippen LogP contribution in [0.2, 0.25) is 0 Å². The third-order valence-electron chi connectivity index (χ3n) is 19.0. The van der Waals surface area contributed by atoms with Crippen LogP contribution in [0.25, 0.3) is 0 Å². The molecule has 5 aliphatic carbocycles. The number of aliphatic hydroxyl groups is 1. The number of nitrogens with zero attached hydrogens (tertiary/aromatic N) is 1. The molecule has 350 valence electrons. The molecule has 6 fully saturated rings. The van der Waals surface area contributed by atoms with Crippen molar-refractivity contribution in [1.29, 1.82) is 0 Å². The Balaban J connectivity index is 0.915. The predicted molar refractivity (Wildman–Crippen MR) is 250 cm³/mol. The fourth-order valence-electron chi connectivity index (χ4n) is 15.4. The third kappa shape index (κ3) is 8.14. The summed E-state index contributed by atoms with van der Waals surface area (Å²) in [5.41, 5.74) is 3.69. The van der Waals surface area contributed by atoms with Crippen molar-refractivity contribution in [2.24, 2.45) is 56.7 Å². The Morgan fingerprint density at radius 2 is 1.59 bits per heavy atom. The number of morpholine rings is 1. The van der Waals surface area contributed by atoms with Gasteiger partial charge < -0.3 is 30.0 Å². The van der Waals surface area contributed by atoms with Crippen molar-refractivity contribution in [2.45, 2.75) is 131 Å². The first kappa shape index (κ1) is 46.8. The summed E-state index contributed by atoms with van der Waals surface area (Å²) < 4.78 is 16.5. The maximum absolute atomic E-state index is 14.9. The van der Waals surface area contributed by atoms with Crippen molar-refractivity contribution in [3.8, 4) is 5.75 Å². The van der Waals surface area contributed by atoms with Gasteiger partial charge in [0.25, 0.3) is 5.91 Å². The van der Waals surface area contributed by atoms with Crippen molar-refractivity contribution in [3.05, 3.63) is 76.9 Å². The van der Waals surface area contributed by atoms with E-state index in [9.17, 15) is 19.5 Å². The quantitative estimate of drug-likeness (QED) is 0.103. The minimum Gasteiger partial charge on any atom is -0.493 e. The molecule has 10 heteroatoms. The molecule has 4 unspecified atom stereocenters. The number of aliphatic hydroxyl groups excluding tert-OH is 1. The summed E-state index contributed by atoms with van der Waals surface area (Å²) in [6, 6.07) is 12.9. The number of allylic oxidation sites excluding steroid dienone is 1. The van der Waals surface area contributed by atoms with Crippen LogP contribution in [0.5, 0.6) is 5.75 Å². The van der Waals surface area contributed by atoms with Crippen molar-refractivity contribution < 1.29 is 33.7 Å². The Morgan fingerprint density at radius 3 is 2.34 bits per heavy atom.